The molecule has 2 aromatic carbocycles. The van der Waals surface area contributed by atoms with Gasteiger partial charge in [-0.3, -0.25) is 9.59 Å². The number of aromatic nitrogens is 3. The minimum absolute atomic E-state index is 0.0344. The fraction of sp³-hybridized carbons (Fsp3) is 0.208. The molecule has 156 valence electrons. The molecule has 7 heteroatoms. The summed E-state index contributed by atoms with van der Waals surface area (Å²) in [7, 11) is 0. The molecule has 1 aliphatic rings. The number of rotatable bonds is 4. The number of para-hydroxylation sites is 1. The van der Waals surface area contributed by atoms with Crippen molar-refractivity contribution in [3.8, 4) is 0 Å². The summed E-state index contributed by atoms with van der Waals surface area (Å²) in [5.74, 6) is 0.293. The zero-order valence-electron chi connectivity index (χ0n) is 16.8. The van der Waals surface area contributed by atoms with Gasteiger partial charge in [-0.15, -0.1) is 0 Å². The number of fused-ring (bicyclic) bond motifs is 2. The first kappa shape index (κ1) is 19.2. The van der Waals surface area contributed by atoms with E-state index in [0.717, 1.165) is 28.5 Å². The normalized spacial score (nSPS) is 14.2. The summed E-state index contributed by atoms with van der Waals surface area (Å²) >= 11 is 0. The van der Waals surface area contributed by atoms with Crippen LogP contribution in [0.2, 0.25) is 0 Å². The van der Waals surface area contributed by atoms with E-state index in [2.05, 4.69) is 21.0 Å². The van der Waals surface area contributed by atoms with E-state index in [1.54, 1.807) is 24.3 Å². The van der Waals surface area contributed by atoms with Crippen LogP contribution < -0.4 is 5.56 Å². The molecule has 5 rings (SSSR count). The highest BCUT2D eigenvalue weighted by atomic mass is 19.1. The Morgan fingerprint density at radius 1 is 1.16 bits per heavy atom. The van der Waals surface area contributed by atoms with Gasteiger partial charge in [0.25, 0.3) is 5.56 Å². The highest BCUT2D eigenvalue weighted by Crippen LogP contribution is 2.29. The van der Waals surface area contributed by atoms with E-state index in [0.29, 0.717) is 36.2 Å². The van der Waals surface area contributed by atoms with Gasteiger partial charge in [0.2, 0.25) is 5.91 Å². The van der Waals surface area contributed by atoms with Gasteiger partial charge in [0, 0.05) is 48.6 Å². The predicted octanol–water partition coefficient (Wildman–Crippen LogP) is 3.79. The second-order valence-electron chi connectivity index (χ2n) is 7.74. The molecule has 0 unspecified atom stereocenters. The number of aryl methyl sites for hydroxylation is 1. The second kappa shape index (κ2) is 7.83. The number of halogens is 1. The molecule has 2 aromatic heterocycles. The van der Waals surface area contributed by atoms with Crippen LogP contribution in [0.5, 0.6) is 0 Å². The van der Waals surface area contributed by atoms with Gasteiger partial charge in [0.1, 0.15) is 11.6 Å². The number of benzene rings is 2. The quantitative estimate of drug-likeness (QED) is 0.531. The van der Waals surface area contributed by atoms with E-state index in [-0.39, 0.29) is 23.7 Å². The lowest BCUT2D eigenvalue weighted by molar-refractivity contribution is -0.130. The Labute approximate surface area is 177 Å². The van der Waals surface area contributed by atoms with Gasteiger partial charge in [0.05, 0.1) is 10.9 Å². The third-order valence-corrected chi connectivity index (χ3v) is 5.79. The van der Waals surface area contributed by atoms with Crippen molar-refractivity contribution in [1.29, 1.82) is 0 Å². The number of aromatic amines is 2. The first-order chi connectivity index (χ1) is 15.1. The number of nitrogens with one attached hydrogen (secondary N) is 2. The highest BCUT2D eigenvalue weighted by molar-refractivity contribution is 5.93. The van der Waals surface area contributed by atoms with Crippen LogP contribution in [0.1, 0.15) is 24.2 Å². The predicted molar refractivity (Wildman–Crippen MR) is 118 cm³/mol. The van der Waals surface area contributed by atoms with Gasteiger partial charge in [-0.05, 0) is 42.3 Å². The lowest BCUT2D eigenvalue weighted by Crippen LogP contribution is -2.35. The summed E-state index contributed by atoms with van der Waals surface area (Å²) in [6.07, 6.45) is 5.37. The Kier molecular flexibility index (Phi) is 4.86. The number of carbonyl (C=O) groups excluding carboxylic acids is 1. The smallest absolute Gasteiger partial charge is 0.258 e. The van der Waals surface area contributed by atoms with E-state index in [1.807, 2.05) is 17.2 Å². The number of amides is 1. The Hall–Kier alpha value is -3.74. The Morgan fingerprint density at radius 3 is 2.87 bits per heavy atom. The van der Waals surface area contributed by atoms with Crippen molar-refractivity contribution in [3.63, 3.8) is 0 Å². The van der Waals surface area contributed by atoms with Crippen LogP contribution in [0.15, 0.2) is 59.5 Å². The third kappa shape index (κ3) is 3.74. The molecule has 0 radical (unpaired) electrons. The second-order valence-corrected chi connectivity index (χ2v) is 7.74. The zero-order valence-corrected chi connectivity index (χ0v) is 16.8. The summed E-state index contributed by atoms with van der Waals surface area (Å²) in [4.78, 5) is 37.1. The SMILES string of the molecule is O=C(CCc1nc2ccccc2c(=O)[nH]1)N1CC=C(c2c[nH]c3cc(F)ccc23)CC1. The Balaban J connectivity index is 1.25. The van der Waals surface area contributed by atoms with E-state index in [4.69, 9.17) is 0 Å². The molecule has 2 N–H and O–H groups in total. The van der Waals surface area contributed by atoms with Crippen LogP contribution >= 0.6 is 0 Å². The van der Waals surface area contributed by atoms with Gasteiger partial charge in [-0.25, -0.2) is 9.37 Å². The first-order valence-electron chi connectivity index (χ1n) is 10.3. The molecule has 0 saturated heterocycles. The number of H-pyrrole nitrogens is 2. The molecule has 0 aliphatic carbocycles. The third-order valence-electron chi connectivity index (χ3n) is 5.79. The Bertz CT molecular complexity index is 1390. The molecular formula is C24H21FN4O2. The van der Waals surface area contributed by atoms with Crippen LogP contribution in [0.3, 0.4) is 0 Å². The topological polar surface area (TPSA) is 81.8 Å². The van der Waals surface area contributed by atoms with Gasteiger partial charge in [-0.2, -0.15) is 0 Å². The van der Waals surface area contributed by atoms with Crippen LogP contribution in [0.25, 0.3) is 27.4 Å². The van der Waals surface area contributed by atoms with E-state index in [9.17, 15) is 14.0 Å². The maximum atomic E-state index is 13.4. The molecule has 1 amide bonds. The maximum absolute atomic E-state index is 13.4. The van der Waals surface area contributed by atoms with Crippen LogP contribution in [-0.4, -0.2) is 38.8 Å². The summed E-state index contributed by atoms with van der Waals surface area (Å²) in [6, 6.07) is 11.9. The van der Waals surface area contributed by atoms with E-state index < -0.39 is 0 Å². The fourth-order valence-electron chi connectivity index (χ4n) is 4.14. The number of hydrogen-bond acceptors (Lipinski definition) is 3. The summed E-state index contributed by atoms with van der Waals surface area (Å²) in [5.41, 5.74) is 3.43. The van der Waals surface area contributed by atoms with Crippen LogP contribution in [0, 0.1) is 5.82 Å². The monoisotopic (exact) mass is 416 g/mol. The summed E-state index contributed by atoms with van der Waals surface area (Å²) in [5, 5.41) is 1.53. The fourth-order valence-corrected chi connectivity index (χ4v) is 4.14. The van der Waals surface area contributed by atoms with Crippen molar-refractivity contribution in [2.75, 3.05) is 13.1 Å². The van der Waals surface area contributed by atoms with Crippen molar-refractivity contribution in [1.82, 2.24) is 19.9 Å². The molecule has 0 saturated carbocycles. The highest BCUT2D eigenvalue weighted by Gasteiger charge is 2.20. The number of carbonyl (C=O) groups is 1. The lowest BCUT2D eigenvalue weighted by Gasteiger charge is -2.26. The van der Waals surface area contributed by atoms with E-state index in [1.165, 1.54) is 12.1 Å². The van der Waals surface area contributed by atoms with Gasteiger partial charge in [-0.1, -0.05) is 18.2 Å². The lowest BCUT2D eigenvalue weighted by atomic mass is 9.98. The summed E-state index contributed by atoms with van der Waals surface area (Å²) in [6.45, 7) is 1.16. The molecular weight excluding hydrogens is 395 g/mol. The molecule has 6 nitrogen and oxygen atoms in total. The molecule has 0 atom stereocenters. The first-order valence-corrected chi connectivity index (χ1v) is 10.3. The van der Waals surface area contributed by atoms with E-state index >= 15 is 0 Å². The van der Waals surface area contributed by atoms with Crippen molar-refractivity contribution in [2.24, 2.45) is 0 Å². The van der Waals surface area contributed by atoms with Gasteiger partial charge in [0.15, 0.2) is 0 Å². The van der Waals surface area contributed by atoms with Gasteiger partial charge >= 0.3 is 0 Å². The largest absolute Gasteiger partial charge is 0.360 e. The minimum atomic E-state index is -0.266. The molecule has 4 aromatic rings. The Morgan fingerprint density at radius 2 is 2.03 bits per heavy atom. The number of hydrogen-bond donors (Lipinski definition) is 2. The molecule has 1 aliphatic heterocycles. The zero-order chi connectivity index (χ0) is 21.4. The van der Waals surface area contributed by atoms with Crippen molar-refractivity contribution >= 4 is 33.3 Å². The molecule has 0 bridgehead atoms. The van der Waals surface area contributed by atoms with Crippen molar-refractivity contribution in [2.45, 2.75) is 19.3 Å². The van der Waals surface area contributed by atoms with Crippen molar-refractivity contribution < 1.29 is 9.18 Å². The minimum Gasteiger partial charge on any atom is -0.360 e. The van der Waals surface area contributed by atoms with Crippen LogP contribution in [-0.2, 0) is 11.2 Å². The van der Waals surface area contributed by atoms with Gasteiger partial charge < -0.3 is 14.9 Å². The summed E-state index contributed by atoms with van der Waals surface area (Å²) < 4.78 is 13.4. The molecule has 3 heterocycles. The number of nitrogens with zero attached hydrogens (tertiary/aromatic N) is 2. The maximum Gasteiger partial charge on any atom is 0.258 e. The average molecular weight is 416 g/mol. The molecule has 0 fully saturated rings. The van der Waals surface area contributed by atoms with Crippen LogP contribution in [0.4, 0.5) is 4.39 Å². The average Bonchev–Trinajstić information content (AvgIpc) is 3.20. The molecule has 0 spiro atoms. The molecule has 31 heavy (non-hydrogen) atoms. The standard InChI is InChI=1S/C24H21FN4O2/c25-16-5-6-17-19(14-26-21(17)13-16)15-9-11-29(12-10-15)23(30)8-7-22-27-20-4-2-1-3-18(20)24(31)28-22/h1-6,9,13-14,26H,7-8,10-12H2,(H,27,28,31). The van der Waals surface area contributed by atoms with Crippen molar-refractivity contribution in [3.05, 3.63) is 82.3 Å².